The SMILES string of the molecule is C=CCCCc1cc(C(C)C)ccc1NC.CCC.CCc1ccc2c(c1)CNCC2. The lowest BCUT2D eigenvalue weighted by atomic mass is 9.97. The summed E-state index contributed by atoms with van der Waals surface area (Å²) < 4.78 is 0. The molecule has 2 nitrogen and oxygen atoms in total. The van der Waals surface area contributed by atoms with Crippen LogP contribution in [0.4, 0.5) is 5.69 Å². The van der Waals surface area contributed by atoms with Crippen LogP contribution in [0.3, 0.4) is 0 Å². The molecule has 31 heavy (non-hydrogen) atoms. The normalized spacial score (nSPS) is 12.1. The zero-order chi connectivity index (χ0) is 23.1. The molecule has 172 valence electrons. The highest BCUT2D eigenvalue weighted by atomic mass is 14.9. The maximum absolute atomic E-state index is 3.76. The molecule has 0 aliphatic carbocycles. The van der Waals surface area contributed by atoms with E-state index in [1.165, 1.54) is 52.8 Å². The summed E-state index contributed by atoms with van der Waals surface area (Å²) in [5.74, 6) is 0.601. The third-order valence-corrected chi connectivity index (χ3v) is 5.49. The van der Waals surface area contributed by atoms with E-state index in [4.69, 9.17) is 0 Å². The summed E-state index contributed by atoms with van der Waals surface area (Å²) in [4.78, 5) is 0. The fraction of sp³-hybridized carbons (Fsp3) is 0.517. The highest BCUT2D eigenvalue weighted by Gasteiger charge is 2.07. The van der Waals surface area contributed by atoms with Gasteiger partial charge in [0.15, 0.2) is 0 Å². The molecule has 1 aliphatic heterocycles. The van der Waals surface area contributed by atoms with Crippen LogP contribution < -0.4 is 10.6 Å². The molecule has 0 aromatic heterocycles. The quantitative estimate of drug-likeness (QED) is 0.353. The smallest absolute Gasteiger partial charge is 0.0370 e. The summed E-state index contributed by atoms with van der Waals surface area (Å²) >= 11 is 0. The average molecular weight is 423 g/mol. The van der Waals surface area contributed by atoms with E-state index in [9.17, 15) is 0 Å². The summed E-state index contributed by atoms with van der Waals surface area (Å²) in [6, 6.07) is 13.6. The predicted octanol–water partition coefficient (Wildman–Crippen LogP) is 7.67. The standard InChI is InChI=1S/C15H23N.C11H15N.C3H8/c1-5-6-7-8-14-11-13(12(2)3)9-10-15(14)16-4;1-2-9-3-4-10-5-6-12-8-11(10)7-9;1-3-2/h5,9-12,16H,1,6-8H2,2-4H3;3-4,7,12H,2,5-6,8H2,1H3;3H2,1-2H3. The van der Waals surface area contributed by atoms with Gasteiger partial charge in [0.05, 0.1) is 0 Å². The van der Waals surface area contributed by atoms with Crippen LogP contribution in [0.15, 0.2) is 49.1 Å². The summed E-state index contributed by atoms with van der Waals surface area (Å²) in [6.45, 7) is 16.9. The maximum atomic E-state index is 3.76. The molecule has 0 bridgehead atoms. The van der Waals surface area contributed by atoms with Crippen molar-refractivity contribution in [2.75, 3.05) is 18.9 Å². The Balaban J connectivity index is 0.000000282. The van der Waals surface area contributed by atoms with E-state index in [1.807, 2.05) is 13.1 Å². The maximum Gasteiger partial charge on any atom is 0.0370 e. The second kappa shape index (κ2) is 15.7. The van der Waals surface area contributed by atoms with E-state index < -0.39 is 0 Å². The van der Waals surface area contributed by atoms with Crippen LogP contribution in [0.1, 0.15) is 87.6 Å². The van der Waals surface area contributed by atoms with Crippen molar-refractivity contribution in [1.29, 1.82) is 0 Å². The van der Waals surface area contributed by atoms with Crippen LogP contribution in [0.5, 0.6) is 0 Å². The van der Waals surface area contributed by atoms with Gasteiger partial charge in [-0.3, -0.25) is 0 Å². The van der Waals surface area contributed by atoms with Gasteiger partial charge in [-0.1, -0.05) is 77.4 Å². The van der Waals surface area contributed by atoms with E-state index in [2.05, 4.69) is 88.2 Å². The first kappa shape index (κ1) is 27.0. The zero-order valence-electron chi connectivity index (χ0n) is 21.0. The highest BCUT2D eigenvalue weighted by molar-refractivity contribution is 5.52. The molecule has 2 N–H and O–H groups in total. The molecule has 2 aromatic rings. The van der Waals surface area contributed by atoms with E-state index in [0.29, 0.717) is 5.92 Å². The number of allylic oxidation sites excluding steroid dienone is 1. The Kier molecular flexibility index (Phi) is 13.7. The van der Waals surface area contributed by atoms with Gasteiger partial charge >= 0.3 is 0 Å². The number of benzene rings is 2. The second-order valence-corrected chi connectivity index (χ2v) is 8.59. The number of aryl methyl sites for hydroxylation is 2. The van der Waals surface area contributed by atoms with Crippen LogP contribution in [-0.4, -0.2) is 13.6 Å². The lowest BCUT2D eigenvalue weighted by Gasteiger charge is -2.17. The van der Waals surface area contributed by atoms with Crippen molar-refractivity contribution in [3.63, 3.8) is 0 Å². The van der Waals surface area contributed by atoms with Crippen LogP contribution in [0.25, 0.3) is 0 Å². The summed E-state index contributed by atoms with van der Waals surface area (Å²) in [7, 11) is 1.99. The summed E-state index contributed by atoms with van der Waals surface area (Å²) in [5, 5.41) is 6.66. The molecule has 0 amide bonds. The molecular weight excluding hydrogens is 376 g/mol. The Morgan fingerprint density at radius 2 is 1.81 bits per heavy atom. The van der Waals surface area contributed by atoms with Gasteiger partial charge in [0.2, 0.25) is 0 Å². The van der Waals surface area contributed by atoms with Gasteiger partial charge in [-0.25, -0.2) is 0 Å². The Morgan fingerprint density at radius 1 is 1.06 bits per heavy atom. The molecule has 3 rings (SSSR count). The number of hydrogen-bond donors (Lipinski definition) is 2. The number of anilines is 1. The second-order valence-electron chi connectivity index (χ2n) is 8.59. The summed E-state index contributed by atoms with van der Waals surface area (Å²) in [6.07, 6.45) is 8.98. The van der Waals surface area contributed by atoms with Gasteiger partial charge in [-0.15, -0.1) is 6.58 Å². The molecule has 0 unspecified atom stereocenters. The number of rotatable bonds is 7. The lowest BCUT2D eigenvalue weighted by Crippen LogP contribution is -2.23. The molecule has 0 radical (unpaired) electrons. The van der Waals surface area contributed by atoms with Crippen molar-refractivity contribution in [2.45, 2.75) is 85.6 Å². The first-order valence-corrected chi connectivity index (χ1v) is 12.2. The van der Waals surface area contributed by atoms with Crippen molar-refractivity contribution in [3.8, 4) is 0 Å². The van der Waals surface area contributed by atoms with Gasteiger partial charge in [-0.2, -0.15) is 0 Å². The first-order chi connectivity index (χ1) is 15.0. The molecule has 0 fully saturated rings. The van der Waals surface area contributed by atoms with Gasteiger partial charge in [-0.05, 0) is 78.5 Å². The first-order valence-electron chi connectivity index (χ1n) is 12.2. The van der Waals surface area contributed by atoms with Crippen molar-refractivity contribution in [2.24, 2.45) is 0 Å². The molecule has 0 saturated carbocycles. The fourth-order valence-electron chi connectivity index (χ4n) is 3.61. The predicted molar refractivity (Wildman–Crippen MR) is 140 cm³/mol. The Morgan fingerprint density at radius 3 is 2.42 bits per heavy atom. The average Bonchev–Trinajstić information content (AvgIpc) is 2.79. The van der Waals surface area contributed by atoms with Gasteiger partial charge in [0.1, 0.15) is 0 Å². The van der Waals surface area contributed by atoms with Crippen molar-refractivity contribution in [1.82, 2.24) is 5.32 Å². The monoisotopic (exact) mass is 422 g/mol. The Labute approximate surface area is 192 Å². The molecule has 0 atom stereocenters. The molecule has 2 aromatic carbocycles. The van der Waals surface area contributed by atoms with Crippen LogP contribution in [0.2, 0.25) is 0 Å². The fourth-order valence-corrected chi connectivity index (χ4v) is 3.61. The van der Waals surface area contributed by atoms with Gasteiger partial charge < -0.3 is 10.6 Å². The van der Waals surface area contributed by atoms with Crippen molar-refractivity contribution < 1.29 is 0 Å². The van der Waals surface area contributed by atoms with Gasteiger partial charge in [0, 0.05) is 19.3 Å². The summed E-state index contributed by atoms with van der Waals surface area (Å²) in [5.41, 5.74) is 8.60. The Hall–Kier alpha value is -2.06. The molecule has 0 spiro atoms. The largest absolute Gasteiger partial charge is 0.388 e. The minimum atomic E-state index is 0.601. The molecular formula is C29H46N2. The van der Waals surface area contributed by atoms with Crippen molar-refractivity contribution in [3.05, 3.63) is 76.9 Å². The van der Waals surface area contributed by atoms with Gasteiger partial charge in [0.25, 0.3) is 0 Å². The topological polar surface area (TPSA) is 24.1 Å². The molecule has 0 saturated heterocycles. The number of nitrogens with one attached hydrogen (secondary N) is 2. The van der Waals surface area contributed by atoms with Crippen molar-refractivity contribution >= 4 is 5.69 Å². The zero-order valence-corrected chi connectivity index (χ0v) is 21.0. The highest BCUT2D eigenvalue weighted by Crippen LogP contribution is 2.23. The van der Waals surface area contributed by atoms with Crippen LogP contribution >= 0.6 is 0 Å². The Bertz CT molecular complexity index is 761. The number of fused-ring (bicyclic) bond motifs is 1. The van der Waals surface area contributed by atoms with E-state index in [-0.39, 0.29) is 0 Å². The minimum absolute atomic E-state index is 0.601. The lowest BCUT2D eigenvalue weighted by molar-refractivity contribution is 0.643. The van der Waals surface area contributed by atoms with E-state index >= 15 is 0 Å². The molecule has 1 aliphatic rings. The van der Waals surface area contributed by atoms with Crippen LogP contribution in [0, 0.1) is 0 Å². The minimum Gasteiger partial charge on any atom is -0.388 e. The molecule has 1 heterocycles. The molecule has 2 heteroatoms. The third-order valence-electron chi connectivity index (χ3n) is 5.49. The van der Waals surface area contributed by atoms with E-state index in [1.54, 1.807) is 0 Å². The van der Waals surface area contributed by atoms with E-state index in [0.717, 1.165) is 32.4 Å². The van der Waals surface area contributed by atoms with Crippen LogP contribution in [-0.2, 0) is 25.8 Å². The number of unbranched alkanes of at least 4 members (excludes halogenated alkanes) is 1. The third kappa shape index (κ3) is 9.74. The number of hydrogen-bond acceptors (Lipinski definition) is 2.